The number of ether oxygens (including phenoxy) is 2. The molecule has 0 saturated carbocycles. The predicted octanol–water partition coefficient (Wildman–Crippen LogP) is 3.16. The summed E-state index contributed by atoms with van der Waals surface area (Å²) in [5.74, 6) is -2.12. The molecule has 1 N–H and O–H groups in total. The largest absolute Gasteiger partial charge is 0.481 e. The van der Waals surface area contributed by atoms with Crippen LogP contribution in [0.5, 0.6) is 5.75 Å². The average Bonchev–Trinajstić information content (AvgIpc) is 2.60. The molecule has 0 radical (unpaired) electrons. The van der Waals surface area contributed by atoms with Crippen LogP contribution in [-0.4, -0.2) is 30.7 Å². The molecule has 1 unspecified atom stereocenters. The average molecular weight is 359 g/mol. The maximum atomic E-state index is 11.7. The molecule has 6 nitrogen and oxygen atoms in total. The van der Waals surface area contributed by atoms with Crippen molar-refractivity contribution < 1.29 is 19.1 Å². The zero-order valence-electron chi connectivity index (χ0n) is 13.4. The van der Waals surface area contributed by atoms with Crippen LogP contribution in [0.25, 0.3) is 10.8 Å². The van der Waals surface area contributed by atoms with Crippen LogP contribution in [0.15, 0.2) is 36.4 Å². The van der Waals surface area contributed by atoms with Gasteiger partial charge in [-0.1, -0.05) is 35.9 Å². The number of benzene rings is 2. The Morgan fingerprint density at radius 3 is 2.52 bits per heavy atom. The van der Waals surface area contributed by atoms with E-state index in [4.69, 9.17) is 31.7 Å². The van der Waals surface area contributed by atoms with E-state index >= 15 is 0 Å². The van der Waals surface area contributed by atoms with Crippen molar-refractivity contribution in [2.75, 3.05) is 13.2 Å². The Bertz CT molecular complexity index is 873. The molecule has 0 aromatic heterocycles. The molecular formula is C18H15ClN2O4. The minimum atomic E-state index is -1.20. The minimum absolute atomic E-state index is 0.0903. The van der Waals surface area contributed by atoms with Gasteiger partial charge in [0.25, 0.3) is 0 Å². The Hall–Kier alpha value is -2.91. The first-order chi connectivity index (χ1) is 11.9. The molecular weight excluding hydrogens is 344 g/mol. The predicted molar refractivity (Wildman–Crippen MR) is 92.9 cm³/mol. The van der Waals surface area contributed by atoms with E-state index in [-0.39, 0.29) is 12.3 Å². The fourth-order valence-corrected chi connectivity index (χ4v) is 2.41. The van der Waals surface area contributed by atoms with Crippen molar-refractivity contribution >= 4 is 39.8 Å². The number of nitriles is 1. The monoisotopic (exact) mass is 358 g/mol. The number of rotatable bonds is 7. The lowest BCUT2D eigenvalue weighted by Crippen LogP contribution is -2.27. The van der Waals surface area contributed by atoms with Crippen LogP contribution in [0.2, 0.25) is 5.02 Å². The number of esters is 1. The van der Waals surface area contributed by atoms with Gasteiger partial charge in [0.1, 0.15) is 11.7 Å². The maximum Gasteiger partial charge on any atom is 0.344 e. The van der Waals surface area contributed by atoms with Crippen molar-refractivity contribution in [1.29, 1.82) is 10.7 Å². The molecule has 7 heteroatoms. The highest BCUT2D eigenvalue weighted by Crippen LogP contribution is 2.31. The van der Waals surface area contributed by atoms with E-state index in [1.165, 1.54) is 6.92 Å². The lowest BCUT2D eigenvalue weighted by molar-refractivity contribution is -0.150. The van der Waals surface area contributed by atoms with Gasteiger partial charge in [-0.25, -0.2) is 4.79 Å². The summed E-state index contributed by atoms with van der Waals surface area (Å²) >= 11 is 6.12. The first-order valence-electron chi connectivity index (χ1n) is 7.37. The molecule has 2 aromatic rings. The first kappa shape index (κ1) is 18.4. The van der Waals surface area contributed by atoms with Gasteiger partial charge in [-0.3, -0.25) is 4.79 Å². The molecule has 25 heavy (non-hydrogen) atoms. The van der Waals surface area contributed by atoms with Crippen molar-refractivity contribution in [2.24, 2.45) is 5.92 Å². The van der Waals surface area contributed by atoms with E-state index in [1.807, 2.05) is 24.3 Å². The summed E-state index contributed by atoms with van der Waals surface area (Å²) < 4.78 is 10.3. The van der Waals surface area contributed by atoms with Crippen LogP contribution < -0.4 is 4.74 Å². The molecule has 2 aromatic carbocycles. The third-order valence-corrected chi connectivity index (χ3v) is 3.77. The Kier molecular flexibility index (Phi) is 6.09. The summed E-state index contributed by atoms with van der Waals surface area (Å²) in [5.41, 5.74) is -0.0903. The number of Topliss-reactive ketones (excluding diaryl/α,β-unsaturated/α-hetero) is 1. The van der Waals surface area contributed by atoms with Crippen LogP contribution >= 0.6 is 11.6 Å². The summed E-state index contributed by atoms with van der Waals surface area (Å²) in [4.78, 5) is 23.5. The van der Waals surface area contributed by atoms with Crippen LogP contribution in [-0.2, 0) is 14.3 Å². The Morgan fingerprint density at radius 2 is 1.88 bits per heavy atom. The van der Waals surface area contributed by atoms with E-state index in [0.29, 0.717) is 10.8 Å². The number of carbonyl (C=O) groups is 2. The lowest BCUT2D eigenvalue weighted by atomic mass is 10.0. The molecule has 0 aliphatic heterocycles. The Morgan fingerprint density at radius 1 is 1.20 bits per heavy atom. The summed E-state index contributed by atoms with van der Waals surface area (Å²) in [6.07, 6.45) is 0. The minimum Gasteiger partial charge on any atom is -0.481 e. The molecule has 0 spiro atoms. The number of carbonyl (C=O) groups excluding carboxylic acids is 2. The first-order valence-corrected chi connectivity index (χ1v) is 7.75. The molecule has 0 aliphatic carbocycles. The highest BCUT2D eigenvalue weighted by Gasteiger charge is 2.21. The molecule has 128 valence electrons. The normalized spacial score (nSPS) is 11.4. The Labute approximate surface area is 149 Å². The molecule has 0 saturated heterocycles. The second kappa shape index (κ2) is 8.27. The number of halogens is 1. The van der Waals surface area contributed by atoms with Crippen LogP contribution in [0.4, 0.5) is 0 Å². The van der Waals surface area contributed by atoms with Crippen LogP contribution in [0.1, 0.15) is 6.92 Å². The lowest BCUT2D eigenvalue weighted by Gasteiger charge is -2.11. The van der Waals surface area contributed by atoms with E-state index in [0.717, 1.165) is 10.8 Å². The summed E-state index contributed by atoms with van der Waals surface area (Å²) in [6.45, 7) is 0.389. The van der Waals surface area contributed by atoms with Crippen LogP contribution in [0, 0.1) is 22.7 Å². The fourth-order valence-electron chi connectivity index (χ4n) is 2.18. The zero-order chi connectivity index (χ0) is 18.4. The standard InChI is InChI=1S/C18H15ClN2O4/c1-11(21)14(8-20)16(22)9-25-18(23)10-24-17-7-6-15(19)12-4-2-3-5-13(12)17/h2-7,14,21H,9-10H2,1H3. The molecule has 2 rings (SSSR count). The highest BCUT2D eigenvalue weighted by atomic mass is 35.5. The van der Waals surface area contributed by atoms with E-state index in [2.05, 4.69) is 0 Å². The highest BCUT2D eigenvalue weighted by molar-refractivity contribution is 6.35. The van der Waals surface area contributed by atoms with Gasteiger partial charge in [0.2, 0.25) is 0 Å². The van der Waals surface area contributed by atoms with Crippen molar-refractivity contribution in [3.63, 3.8) is 0 Å². The van der Waals surface area contributed by atoms with Gasteiger partial charge in [0.05, 0.1) is 6.07 Å². The number of nitrogens with zero attached hydrogens (tertiary/aromatic N) is 1. The second-order valence-electron chi connectivity index (χ2n) is 5.25. The van der Waals surface area contributed by atoms with E-state index in [9.17, 15) is 9.59 Å². The molecule has 0 amide bonds. The van der Waals surface area contributed by atoms with Gasteiger partial charge < -0.3 is 14.9 Å². The van der Waals surface area contributed by atoms with Gasteiger partial charge in [-0.2, -0.15) is 5.26 Å². The second-order valence-corrected chi connectivity index (χ2v) is 5.66. The smallest absolute Gasteiger partial charge is 0.344 e. The number of hydrogen-bond donors (Lipinski definition) is 1. The van der Waals surface area contributed by atoms with Crippen molar-refractivity contribution in [1.82, 2.24) is 0 Å². The maximum absolute atomic E-state index is 11.7. The number of ketones is 1. The number of fused-ring (bicyclic) bond motifs is 1. The quantitative estimate of drug-likeness (QED) is 0.605. The van der Waals surface area contributed by atoms with Gasteiger partial charge in [-0.15, -0.1) is 0 Å². The molecule has 0 heterocycles. The molecule has 0 bridgehead atoms. The summed E-state index contributed by atoms with van der Waals surface area (Å²) in [5, 5.41) is 18.3. The number of hydrogen-bond acceptors (Lipinski definition) is 6. The topological polar surface area (TPSA) is 100 Å². The van der Waals surface area contributed by atoms with Gasteiger partial charge >= 0.3 is 5.97 Å². The Balaban J connectivity index is 1.95. The third kappa shape index (κ3) is 4.55. The summed E-state index contributed by atoms with van der Waals surface area (Å²) in [6, 6.07) is 12.3. The van der Waals surface area contributed by atoms with Gasteiger partial charge in [0.15, 0.2) is 19.0 Å². The van der Waals surface area contributed by atoms with Gasteiger partial charge in [-0.05, 0) is 19.1 Å². The molecule has 0 aliphatic rings. The summed E-state index contributed by atoms with van der Waals surface area (Å²) in [7, 11) is 0. The van der Waals surface area contributed by atoms with Crippen molar-refractivity contribution in [2.45, 2.75) is 6.92 Å². The molecule has 1 atom stereocenters. The van der Waals surface area contributed by atoms with Crippen molar-refractivity contribution in [3.8, 4) is 11.8 Å². The molecule has 0 fully saturated rings. The SMILES string of the molecule is CC(=N)C(C#N)C(=O)COC(=O)COc1ccc(Cl)c2ccccc12. The van der Waals surface area contributed by atoms with E-state index in [1.54, 1.807) is 18.2 Å². The zero-order valence-corrected chi connectivity index (χ0v) is 14.2. The van der Waals surface area contributed by atoms with E-state index < -0.39 is 24.3 Å². The van der Waals surface area contributed by atoms with Crippen molar-refractivity contribution in [3.05, 3.63) is 41.4 Å². The third-order valence-electron chi connectivity index (χ3n) is 3.44. The van der Waals surface area contributed by atoms with Crippen LogP contribution in [0.3, 0.4) is 0 Å². The fraction of sp³-hybridized carbons (Fsp3) is 0.222. The number of nitrogens with one attached hydrogen (secondary N) is 1. The van der Waals surface area contributed by atoms with Gasteiger partial charge in [0, 0.05) is 21.5 Å².